The molecular weight excluding hydrogens is 220 g/mol. The molecule has 1 aliphatic rings. The predicted octanol–water partition coefficient (Wildman–Crippen LogP) is 0.444. The molecule has 0 saturated carbocycles. The lowest BCUT2D eigenvalue weighted by atomic mass is 9.99. The summed E-state index contributed by atoms with van der Waals surface area (Å²) in [4.78, 5) is 23.4. The summed E-state index contributed by atoms with van der Waals surface area (Å²) < 4.78 is 5.20. The highest BCUT2D eigenvalue weighted by atomic mass is 16.5. The van der Waals surface area contributed by atoms with E-state index in [2.05, 4.69) is 10.6 Å². The van der Waals surface area contributed by atoms with Gasteiger partial charge in [0.05, 0.1) is 0 Å². The molecule has 2 N–H and O–H groups in total. The first-order chi connectivity index (χ1) is 8.15. The van der Waals surface area contributed by atoms with Gasteiger partial charge in [-0.1, -0.05) is 6.92 Å². The number of rotatable bonds is 5. The molecule has 0 aromatic rings. The second-order valence-electron chi connectivity index (χ2n) is 4.41. The Balaban J connectivity index is 2.31. The highest BCUT2D eigenvalue weighted by Gasteiger charge is 2.24. The van der Waals surface area contributed by atoms with Gasteiger partial charge in [-0.15, -0.1) is 0 Å². The minimum Gasteiger partial charge on any atom is -0.381 e. The molecule has 0 aliphatic carbocycles. The highest BCUT2D eigenvalue weighted by Crippen LogP contribution is 2.14. The first-order valence-electron chi connectivity index (χ1n) is 6.31. The van der Waals surface area contributed by atoms with E-state index in [1.165, 1.54) is 0 Å². The Morgan fingerprint density at radius 1 is 1.35 bits per heavy atom. The maximum atomic E-state index is 11.8. The van der Waals surface area contributed by atoms with Crippen molar-refractivity contribution in [3.63, 3.8) is 0 Å². The topological polar surface area (TPSA) is 67.4 Å². The van der Waals surface area contributed by atoms with Crippen LogP contribution in [0.1, 0.15) is 33.1 Å². The summed E-state index contributed by atoms with van der Waals surface area (Å²) in [5, 5.41) is 5.51. The van der Waals surface area contributed by atoms with Gasteiger partial charge in [-0.05, 0) is 26.2 Å². The Hall–Kier alpha value is -1.10. The maximum absolute atomic E-state index is 11.8. The zero-order valence-electron chi connectivity index (χ0n) is 10.6. The second kappa shape index (κ2) is 7.27. The Morgan fingerprint density at radius 2 is 2.00 bits per heavy atom. The maximum Gasteiger partial charge on any atom is 0.242 e. The summed E-state index contributed by atoms with van der Waals surface area (Å²) in [5.74, 6) is -0.162. The third kappa shape index (κ3) is 4.73. The van der Waals surface area contributed by atoms with Gasteiger partial charge >= 0.3 is 0 Å². The number of carbonyl (C=O) groups excluding carboxylic acids is 2. The summed E-state index contributed by atoms with van der Waals surface area (Å²) in [6.45, 7) is 5.62. The average molecular weight is 242 g/mol. The third-order valence-electron chi connectivity index (χ3n) is 2.89. The van der Waals surface area contributed by atoms with E-state index in [0.717, 1.165) is 19.3 Å². The van der Waals surface area contributed by atoms with Crippen LogP contribution in [0.3, 0.4) is 0 Å². The van der Waals surface area contributed by atoms with E-state index >= 15 is 0 Å². The van der Waals surface area contributed by atoms with Crippen molar-refractivity contribution in [2.24, 2.45) is 5.92 Å². The van der Waals surface area contributed by atoms with E-state index in [9.17, 15) is 9.59 Å². The first kappa shape index (κ1) is 14.0. The van der Waals surface area contributed by atoms with Crippen molar-refractivity contribution in [2.75, 3.05) is 19.8 Å². The summed E-state index contributed by atoms with van der Waals surface area (Å²) >= 11 is 0. The molecule has 5 heteroatoms. The summed E-state index contributed by atoms with van der Waals surface area (Å²) in [6.07, 6.45) is 2.39. The van der Waals surface area contributed by atoms with Crippen LogP contribution in [0.4, 0.5) is 0 Å². The number of ether oxygens (including phenoxy) is 1. The highest BCUT2D eigenvalue weighted by molar-refractivity contribution is 5.88. The van der Waals surface area contributed by atoms with E-state index in [-0.39, 0.29) is 17.7 Å². The zero-order valence-corrected chi connectivity index (χ0v) is 10.6. The van der Waals surface area contributed by atoms with Crippen LogP contribution in [0.15, 0.2) is 0 Å². The molecule has 1 unspecified atom stereocenters. The second-order valence-corrected chi connectivity index (χ2v) is 4.41. The van der Waals surface area contributed by atoms with Crippen LogP contribution in [-0.4, -0.2) is 37.6 Å². The van der Waals surface area contributed by atoms with Crippen LogP contribution in [0.2, 0.25) is 0 Å². The molecule has 0 aromatic heterocycles. The van der Waals surface area contributed by atoms with E-state index < -0.39 is 6.04 Å². The summed E-state index contributed by atoms with van der Waals surface area (Å²) in [7, 11) is 0. The Kier molecular flexibility index (Phi) is 5.97. The minimum atomic E-state index is -0.461. The molecule has 0 aromatic carbocycles. The molecule has 1 aliphatic heterocycles. The number of hydrogen-bond donors (Lipinski definition) is 2. The SMILES string of the molecule is CCCNC(=O)C(C)NC(=O)C1CCOCC1. The van der Waals surface area contributed by atoms with Crippen LogP contribution in [0, 0.1) is 5.92 Å². The monoisotopic (exact) mass is 242 g/mol. The van der Waals surface area contributed by atoms with Crippen LogP contribution in [0.25, 0.3) is 0 Å². The largest absolute Gasteiger partial charge is 0.381 e. The van der Waals surface area contributed by atoms with E-state index in [4.69, 9.17) is 4.74 Å². The molecule has 17 heavy (non-hydrogen) atoms. The normalized spacial score (nSPS) is 18.5. The first-order valence-corrected chi connectivity index (χ1v) is 6.31. The molecule has 1 saturated heterocycles. The third-order valence-corrected chi connectivity index (χ3v) is 2.89. The standard InChI is InChI=1S/C12H22N2O3/c1-3-6-13-11(15)9(2)14-12(16)10-4-7-17-8-5-10/h9-10H,3-8H2,1-2H3,(H,13,15)(H,14,16). The predicted molar refractivity (Wildman–Crippen MR) is 64.4 cm³/mol. The Morgan fingerprint density at radius 3 is 2.59 bits per heavy atom. The molecule has 98 valence electrons. The van der Waals surface area contributed by atoms with Gasteiger partial charge in [-0.25, -0.2) is 0 Å². The van der Waals surface area contributed by atoms with Gasteiger partial charge in [0.25, 0.3) is 0 Å². The van der Waals surface area contributed by atoms with Gasteiger partial charge in [0.1, 0.15) is 6.04 Å². The van der Waals surface area contributed by atoms with E-state index in [0.29, 0.717) is 19.8 Å². The van der Waals surface area contributed by atoms with Crippen LogP contribution < -0.4 is 10.6 Å². The number of carbonyl (C=O) groups is 2. The number of nitrogens with one attached hydrogen (secondary N) is 2. The van der Waals surface area contributed by atoms with Crippen molar-refractivity contribution in [3.05, 3.63) is 0 Å². The van der Waals surface area contributed by atoms with Gasteiger partial charge in [0.2, 0.25) is 11.8 Å². The van der Waals surface area contributed by atoms with Crippen molar-refractivity contribution in [3.8, 4) is 0 Å². The Labute approximate surface area is 102 Å². The zero-order chi connectivity index (χ0) is 12.7. The van der Waals surface area contributed by atoms with Gasteiger partial charge in [-0.2, -0.15) is 0 Å². The quantitative estimate of drug-likeness (QED) is 0.735. The fourth-order valence-corrected chi connectivity index (χ4v) is 1.76. The average Bonchev–Trinajstić information content (AvgIpc) is 2.36. The van der Waals surface area contributed by atoms with E-state index in [1.807, 2.05) is 6.92 Å². The van der Waals surface area contributed by atoms with Crippen molar-refractivity contribution in [2.45, 2.75) is 39.2 Å². The molecule has 2 amide bonds. The van der Waals surface area contributed by atoms with Crippen molar-refractivity contribution in [1.29, 1.82) is 0 Å². The fourth-order valence-electron chi connectivity index (χ4n) is 1.76. The van der Waals surface area contributed by atoms with Gasteiger partial charge in [0, 0.05) is 25.7 Å². The molecule has 1 rings (SSSR count). The van der Waals surface area contributed by atoms with E-state index in [1.54, 1.807) is 6.92 Å². The van der Waals surface area contributed by atoms with Gasteiger partial charge in [-0.3, -0.25) is 9.59 Å². The summed E-state index contributed by atoms with van der Waals surface area (Å²) in [6, 6.07) is -0.461. The molecule has 1 atom stereocenters. The van der Waals surface area contributed by atoms with Gasteiger partial charge < -0.3 is 15.4 Å². The lowest BCUT2D eigenvalue weighted by Gasteiger charge is -2.23. The van der Waals surface area contributed by atoms with Crippen molar-refractivity contribution < 1.29 is 14.3 Å². The number of hydrogen-bond acceptors (Lipinski definition) is 3. The lowest BCUT2D eigenvalue weighted by molar-refractivity contribution is -0.132. The smallest absolute Gasteiger partial charge is 0.242 e. The number of amides is 2. The fraction of sp³-hybridized carbons (Fsp3) is 0.833. The Bertz CT molecular complexity index is 262. The molecular formula is C12H22N2O3. The van der Waals surface area contributed by atoms with Crippen LogP contribution in [0.5, 0.6) is 0 Å². The molecule has 0 radical (unpaired) electrons. The van der Waals surface area contributed by atoms with Crippen molar-refractivity contribution in [1.82, 2.24) is 10.6 Å². The van der Waals surface area contributed by atoms with Crippen LogP contribution >= 0.6 is 0 Å². The minimum absolute atomic E-state index is 0.00910. The summed E-state index contributed by atoms with van der Waals surface area (Å²) in [5.41, 5.74) is 0. The molecule has 5 nitrogen and oxygen atoms in total. The van der Waals surface area contributed by atoms with Crippen LogP contribution in [-0.2, 0) is 14.3 Å². The van der Waals surface area contributed by atoms with Crippen molar-refractivity contribution >= 4 is 11.8 Å². The molecule has 1 heterocycles. The molecule has 0 bridgehead atoms. The lowest BCUT2D eigenvalue weighted by Crippen LogP contribution is -2.47. The van der Waals surface area contributed by atoms with Gasteiger partial charge in [0.15, 0.2) is 0 Å². The molecule has 1 fully saturated rings. The molecule has 0 spiro atoms.